The lowest BCUT2D eigenvalue weighted by Gasteiger charge is -2.20. The Bertz CT molecular complexity index is 762. The molecule has 0 aliphatic heterocycles. The minimum Gasteiger partial charge on any atom is -0.450 e. The smallest absolute Gasteiger partial charge is 0.355 e. The third kappa shape index (κ3) is 2.72. The highest BCUT2D eigenvalue weighted by Gasteiger charge is 2.26. The van der Waals surface area contributed by atoms with Crippen LogP contribution < -0.4 is 5.43 Å². The minimum absolute atomic E-state index is 0.0438. The maximum atomic E-state index is 12.1. The van der Waals surface area contributed by atoms with Gasteiger partial charge < -0.3 is 9.72 Å². The molecule has 1 atom stereocenters. The van der Waals surface area contributed by atoms with Gasteiger partial charge in [0.15, 0.2) is 17.3 Å². The molecule has 1 aliphatic rings. The molecule has 5 nitrogen and oxygen atoms in total. The first-order valence-corrected chi connectivity index (χ1v) is 7.01. The number of H-pyrrole nitrogens is 1. The molecule has 1 fully saturated rings. The van der Waals surface area contributed by atoms with Crippen LogP contribution in [0.2, 0.25) is 0 Å². The maximum absolute atomic E-state index is 12.1. The number of pyridine rings is 1. The predicted molar refractivity (Wildman–Crippen MR) is 77.2 cm³/mol. The first-order chi connectivity index (χ1) is 10.1. The number of hydrogen-bond acceptors (Lipinski definition) is 4. The fourth-order valence-electron chi connectivity index (χ4n) is 2.58. The van der Waals surface area contributed by atoms with E-state index in [2.05, 4.69) is 4.98 Å². The van der Waals surface area contributed by atoms with Gasteiger partial charge in [-0.05, 0) is 31.4 Å². The van der Waals surface area contributed by atoms with Gasteiger partial charge in [-0.25, -0.2) is 4.79 Å². The molecule has 0 spiro atoms. The molecule has 0 amide bonds. The van der Waals surface area contributed by atoms with E-state index in [4.69, 9.17) is 4.74 Å². The molecule has 21 heavy (non-hydrogen) atoms. The monoisotopic (exact) mass is 285 g/mol. The molecule has 3 rings (SSSR count). The number of benzene rings is 1. The zero-order chi connectivity index (χ0) is 14.8. The molecule has 1 aliphatic carbocycles. The molecule has 0 saturated heterocycles. The molecular formula is C16H15NO4. The van der Waals surface area contributed by atoms with E-state index in [-0.39, 0.29) is 16.9 Å². The number of carbonyl (C=O) groups is 2. The number of aromatic nitrogens is 1. The maximum Gasteiger partial charge on any atom is 0.355 e. The van der Waals surface area contributed by atoms with Gasteiger partial charge in [0.2, 0.25) is 0 Å². The Morgan fingerprint density at radius 3 is 2.81 bits per heavy atom. The van der Waals surface area contributed by atoms with Crippen molar-refractivity contribution in [3.8, 4) is 0 Å². The standard InChI is InChI=1S/C16H15NO4/c18-13-7-3-4-8-15(13)21-16(20)12-9-14(19)10-5-1-2-6-11(10)17-12/h1-2,5-6,9,15H,3-4,7-8H2,(H,17,19)/t15-/m1/s1. The van der Waals surface area contributed by atoms with Crippen molar-refractivity contribution < 1.29 is 14.3 Å². The molecular weight excluding hydrogens is 270 g/mol. The summed E-state index contributed by atoms with van der Waals surface area (Å²) in [6.45, 7) is 0. The van der Waals surface area contributed by atoms with E-state index in [0.717, 1.165) is 12.8 Å². The summed E-state index contributed by atoms with van der Waals surface area (Å²) >= 11 is 0. The highest BCUT2D eigenvalue weighted by Crippen LogP contribution is 2.18. The third-order valence-electron chi connectivity index (χ3n) is 3.71. The highest BCUT2D eigenvalue weighted by molar-refractivity contribution is 5.93. The zero-order valence-corrected chi connectivity index (χ0v) is 11.4. The number of Topliss-reactive ketones (excluding diaryl/α,β-unsaturated/α-hetero) is 1. The SMILES string of the molecule is O=C(O[C@@H]1CCCCC1=O)c1cc(=O)c2ccccc2[nH]1. The molecule has 0 radical (unpaired) electrons. The number of carbonyl (C=O) groups excluding carboxylic acids is 2. The zero-order valence-electron chi connectivity index (χ0n) is 11.4. The van der Waals surface area contributed by atoms with Crippen LogP contribution in [0.5, 0.6) is 0 Å². The van der Waals surface area contributed by atoms with Crippen molar-refractivity contribution in [2.24, 2.45) is 0 Å². The van der Waals surface area contributed by atoms with Crippen LogP contribution in [-0.4, -0.2) is 22.8 Å². The van der Waals surface area contributed by atoms with Crippen LogP contribution in [0.1, 0.15) is 36.2 Å². The van der Waals surface area contributed by atoms with E-state index in [9.17, 15) is 14.4 Å². The average Bonchev–Trinajstić information content (AvgIpc) is 2.49. The quantitative estimate of drug-likeness (QED) is 0.858. The summed E-state index contributed by atoms with van der Waals surface area (Å²) in [5.41, 5.74) is 0.412. The Balaban J connectivity index is 1.87. The number of ketones is 1. The predicted octanol–water partition coefficient (Wildman–Crippen LogP) is 2.20. The number of esters is 1. The van der Waals surface area contributed by atoms with E-state index in [1.165, 1.54) is 6.07 Å². The van der Waals surface area contributed by atoms with Gasteiger partial charge in [-0.15, -0.1) is 0 Å². The molecule has 2 aromatic rings. The van der Waals surface area contributed by atoms with Gasteiger partial charge in [0.05, 0.1) is 0 Å². The van der Waals surface area contributed by atoms with Crippen LogP contribution in [0, 0.1) is 0 Å². The second-order valence-electron chi connectivity index (χ2n) is 5.20. The molecule has 1 aromatic heterocycles. The van der Waals surface area contributed by atoms with Crippen LogP contribution in [0.15, 0.2) is 35.1 Å². The largest absolute Gasteiger partial charge is 0.450 e. The Labute approximate surface area is 120 Å². The van der Waals surface area contributed by atoms with Crippen molar-refractivity contribution in [2.75, 3.05) is 0 Å². The lowest BCUT2D eigenvalue weighted by Crippen LogP contribution is -2.30. The van der Waals surface area contributed by atoms with E-state index in [0.29, 0.717) is 23.7 Å². The minimum atomic E-state index is -0.679. The average molecular weight is 285 g/mol. The number of fused-ring (bicyclic) bond motifs is 1. The summed E-state index contributed by atoms with van der Waals surface area (Å²) < 4.78 is 5.23. The summed E-state index contributed by atoms with van der Waals surface area (Å²) in [5.74, 6) is -0.698. The first-order valence-electron chi connectivity index (χ1n) is 7.01. The number of rotatable bonds is 2. The second-order valence-corrected chi connectivity index (χ2v) is 5.20. The van der Waals surface area contributed by atoms with Crippen molar-refractivity contribution in [3.05, 3.63) is 46.2 Å². The van der Waals surface area contributed by atoms with Crippen LogP contribution in [0.25, 0.3) is 10.9 Å². The number of ether oxygens (including phenoxy) is 1. The van der Waals surface area contributed by atoms with Gasteiger partial charge in [0.25, 0.3) is 0 Å². The van der Waals surface area contributed by atoms with Crippen LogP contribution in [-0.2, 0) is 9.53 Å². The fourth-order valence-corrected chi connectivity index (χ4v) is 2.58. The number of nitrogens with one attached hydrogen (secondary N) is 1. The molecule has 5 heteroatoms. The number of para-hydroxylation sites is 1. The van der Waals surface area contributed by atoms with E-state index in [1.54, 1.807) is 24.3 Å². The Kier molecular flexibility index (Phi) is 3.56. The van der Waals surface area contributed by atoms with Crippen molar-refractivity contribution >= 4 is 22.7 Å². The fraction of sp³-hybridized carbons (Fsp3) is 0.312. The van der Waals surface area contributed by atoms with Gasteiger partial charge in [-0.3, -0.25) is 9.59 Å². The molecule has 1 N–H and O–H groups in total. The molecule has 1 heterocycles. The number of aromatic amines is 1. The van der Waals surface area contributed by atoms with Gasteiger partial charge >= 0.3 is 5.97 Å². The normalized spacial score (nSPS) is 18.7. The highest BCUT2D eigenvalue weighted by atomic mass is 16.5. The van der Waals surface area contributed by atoms with E-state index < -0.39 is 12.1 Å². The van der Waals surface area contributed by atoms with Crippen molar-refractivity contribution in [2.45, 2.75) is 31.8 Å². The Morgan fingerprint density at radius 1 is 1.19 bits per heavy atom. The summed E-state index contributed by atoms with van der Waals surface area (Å²) in [6.07, 6.45) is 2.05. The van der Waals surface area contributed by atoms with Crippen molar-refractivity contribution in [1.29, 1.82) is 0 Å². The number of hydrogen-bond donors (Lipinski definition) is 1. The molecule has 108 valence electrons. The van der Waals surface area contributed by atoms with Gasteiger partial charge in [-0.2, -0.15) is 0 Å². The van der Waals surface area contributed by atoms with E-state index >= 15 is 0 Å². The van der Waals surface area contributed by atoms with Crippen molar-refractivity contribution in [1.82, 2.24) is 4.98 Å². The summed E-state index contributed by atoms with van der Waals surface area (Å²) in [7, 11) is 0. The van der Waals surface area contributed by atoms with Crippen LogP contribution in [0.4, 0.5) is 0 Å². The molecule has 1 aromatic carbocycles. The van der Waals surface area contributed by atoms with Gasteiger partial charge in [0, 0.05) is 23.4 Å². The third-order valence-corrected chi connectivity index (χ3v) is 3.71. The van der Waals surface area contributed by atoms with E-state index in [1.807, 2.05) is 0 Å². The first kappa shape index (κ1) is 13.5. The summed E-state index contributed by atoms with van der Waals surface area (Å²) in [6, 6.07) is 8.17. The summed E-state index contributed by atoms with van der Waals surface area (Å²) in [5, 5.41) is 0.516. The van der Waals surface area contributed by atoms with Gasteiger partial charge in [-0.1, -0.05) is 12.1 Å². The molecule has 0 unspecified atom stereocenters. The Morgan fingerprint density at radius 2 is 2.00 bits per heavy atom. The van der Waals surface area contributed by atoms with Crippen molar-refractivity contribution in [3.63, 3.8) is 0 Å². The lowest BCUT2D eigenvalue weighted by molar-refractivity contribution is -0.129. The van der Waals surface area contributed by atoms with Gasteiger partial charge in [0.1, 0.15) is 5.69 Å². The topological polar surface area (TPSA) is 76.2 Å². The lowest BCUT2D eigenvalue weighted by atomic mass is 9.96. The molecule has 1 saturated carbocycles. The van der Waals surface area contributed by atoms with Crippen LogP contribution >= 0.6 is 0 Å². The second kappa shape index (κ2) is 5.52. The molecule has 0 bridgehead atoms. The Hall–Kier alpha value is -2.43. The summed E-state index contributed by atoms with van der Waals surface area (Å²) in [4.78, 5) is 38.7. The van der Waals surface area contributed by atoms with Crippen LogP contribution in [0.3, 0.4) is 0 Å².